The third kappa shape index (κ3) is 3.92. The maximum atomic E-state index is 12.9. The summed E-state index contributed by atoms with van der Waals surface area (Å²) < 4.78 is 1.40. The Kier molecular flexibility index (Phi) is 6.10. The first kappa shape index (κ1) is 22.0. The summed E-state index contributed by atoms with van der Waals surface area (Å²) in [6.07, 6.45) is 3.22. The van der Waals surface area contributed by atoms with E-state index < -0.39 is 0 Å². The Labute approximate surface area is 191 Å². The molecule has 0 aliphatic heterocycles. The monoisotopic (exact) mass is 440 g/mol. The highest BCUT2D eigenvalue weighted by atomic mass is 16.4. The molecule has 1 saturated carbocycles. The van der Waals surface area contributed by atoms with Gasteiger partial charge in [0.25, 0.3) is 5.56 Å². The Hall–Kier alpha value is -4.17. The summed E-state index contributed by atoms with van der Waals surface area (Å²) in [5.74, 6) is 0.126. The molecule has 1 aliphatic rings. The predicted octanol–water partition coefficient (Wildman–Crippen LogP) is 3.55. The van der Waals surface area contributed by atoms with Crippen LogP contribution in [0.4, 0.5) is 5.69 Å². The number of hydrogen-bond donors (Lipinski definition) is 1. The van der Waals surface area contributed by atoms with Crippen molar-refractivity contribution >= 4 is 22.4 Å². The summed E-state index contributed by atoms with van der Waals surface area (Å²) in [6, 6.07) is 17.1. The van der Waals surface area contributed by atoms with Crippen LogP contribution in [0.15, 0.2) is 52.4 Å². The van der Waals surface area contributed by atoms with Crippen molar-refractivity contribution in [1.29, 1.82) is 10.5 Å². The number of aromatic nitrogens is 2. The largest absolute Gasteiger partial charge is 0.411 e. The van der Waals surface area contributed by atoms with Crippen LogP contribution >= 0.6 is 0 Å². The molecule has 0 bridgehead atoms. The van der Waals surface area contributed by atoms with Crippen LogP contribution in [0.25, 0.3) is 11.0 Å². The molecule has 0 unspecified atom stereocenters. The molecule has 8 heteroatoms. The molecule has 166 valence electrons. The third-order valence-corrected chi connectivity index (χ3v) is 6.60. The topological polar surface area (TPSA) is 118 Å². The fourth-order valence-electron chi connectivity index (χ4n) is 4.80. The van der Waals surface area contributed by atoms with Crippen molar-refractivity contribution in [3.8, 4) is 12.1 Å². The number of fused-ring (bicyclic) bond motifs is 1. The van der Waals surface area contributed by atoms with E-state index in [2.05, 4.69) is 16.2 Å². The molecular weight excluding hydrogens is 416 g/mol. The molecule has 33 heavy (non-hydrogen) atoms. The van der Waals surface area contributed by atoms with Crippen LogP contribution in [-0.2, 0) is 7.05 Å². The number of hydrogen-bond acceptors (Lipinski definition) is 7. The van der Waals surface area contributed by atoms with Crippen molar-refractivity contribution in [2.75, 3.05) is 11.9 Å². The maximum absolute atomic E-state index is 12.9. The molecule has 0 spiro atoms. The molecule has 2 heterocycles. The number of rotatable bonds is 4. The molecule has 1 fully saturated rings. The Balaban J connectivity index is 1.67. The van der Waals surface area contributed by atoms with Crippen LogP contribution in [-0.4, -0.2) is 33.6 Å². The van der Waals surface area contributed by atoms with Gasteiger partial charge < -0.3 is 14.7 Å². The molecule has 1 N–H and O–H groups in total. The highest BCUT2D eigenvalue weighted by Gasteiger charge is 2.31. The lowest BCUT2D eigenvalue weighted by Crippen LogP contribution is -2.38. The Morgan fingerprint density at radius 2 is 1.82 bits per heavy atom. The van der Waals surface area contributed by atoms with Gasteiger partial charge in [-0.2, -0.15) is 10.5 Å². The molecule has 0 saturated heterocycles. The number of pyridine rings is 2. The van der Waals surface area contributed by atoms with Crippen LogP contribution < -0.4 is 10.5 Å². The first-order valence-electron chi connectivity index (χ1n) is 10.8. The number of benzene rings is 1. The van der Waals surface area contributed by atoms with Gasteiger partial charge in [-0.3, -0.25) is 4.79 Å². The van der Waals surface area contributed by atoms with Gasteiger partial charge in [-0.1, -0.05) is 35.5 Å². The normalized spacial score (nSPS) is 18.5. The number of anilines is 1. The van der Waals surface area contributed by atoms with Gasteiger partial charge in [-0.15, -0.1) is 0 Å². The smallest absolute Gasteiger partial charge is 0.270 e. The third-order valence-electron chi connectivity index (χ3n) is 6.60. The summed E-state index contributed by atoms with van der Waals surface area (Å²) in [6.45, 7) is 0. The van der Waals surface area contributed by atoms with Gasteiger partial charge in [0, 0.05) is 26.1 Å². The second kappa shape index (κ2) is 9.13. The van der Waals surface area contributed by atoms with Crippen molar-refractivity contribution in [1.82, 2.24) is 9.55 Å². The minimum Gasteiger partial charge on any atom is -0.411 e. The van der Waals surface area contributed by atoms with Crippen LogP contribution in [0, 0.1) is 28.6 Å². The average molecular weight is 441 g/mol. The lowest BCUT2D eigenvalue weighted by atomic mass is 9.80. The summed E-state index contributed by atoms with van der Waals surface area (Å²) >= 11 is 0. The van der Waals surface area contributed by atoms with Crippen LogP contribution in [0.2, 0.25) is 0 Å². The highest BCUT2D eigenvalue weighted by Crippen LogP contribution is 2.35. The number of nitriles is 2. The first-order valence-corrected chi connectivity index (χ1v) is 10.8. The molecule has 3 aromatic rings. The molecular formula is C25H24N6O2. The summed E-state index contributed by atoms with van der Waals surface area (Å²) in [5.41, 5.74) is 2.99. The zero-order chi connectivity index (χ0) is 23.5. The van der Waals surface area contributed by atoms with E-state index in [0.29, 0.717) is 22.4 Å². The van der Waals surface area contributed by atoms with Crippen molar-refractivity contribution in [2.24, 2.45) is 18.1 Å². The van der Waals surface area contributed by atoms with Gasteiger partial charge in [-0.25, -0.2) is 4.98 Å². The average Bonchev–Trinajstić information content (AvgIpc) is 2.86. The zero-order valence-electron chi connectivity index (χ0n) is 18.6. The van der Waals surface area contributed by atoms with Crippen molar-refractivity contribution in [2.45, 2.75) is 31.7 Å². The van der Waals surface area contributed by atoms with Gasteiger partial charge >= 0.3 is 0 Å². The molecule has 0 radical (unpaired) electrons. The van der Waals surface area contributed by atoms with E-state index in [1.807, 2.05) is 48.3 Å². The zero-order valence-corrected chi connectivity index (χ0v) is 18.6. The molecule has 8 nitrogen and oxygen atoms in total. The van der Waals surface area contributed by atoms with E-state index in [1.165, 1.54) is 4.57 Å². The van der Waals surface area contributed by atoms with Crippen molar-refractivity contribution in [3.05, 3.63) is 69.6 Å². The molecule has 0 amide bonds. The molecule has 0 atom stereocenters. The van der Waals surface area contributed by atoms with Gasteiger partial charge in [0.1, 0.15) is 28.9 Å². The van der Waals surface area contributed by atoms with Crippen molar-refractivity contribution < 1.29 is 5.21 Å². The van der Waals surface area contributed by atoms with Crippen LogP contribution in [0.3, 0.4) is 0 Å². The fraction of sp³-hybridized carbons (Fsp3) is 0.320. The molecule has 1 aliphatic carbocycles. The molecule has 4 rings (SSSR count). The summed E-state index contributed by atoms with van der Waals surface area (Å²) in [5, 5.41) is 32.4. The molecule has 2 aromatic heterocycles. The van der Waals surface area contributed by atoms with E-state index in [9.17, 15) is 20.5 Å². The van der Waals surface area contributed by atoms with Gasteiger partial charge in [0.2, 0.25) is 0 Å². The van der Waals surface area contributed by atoms with E-state index in [0.717, 1.165) is 31.2 Å². The van der Waals surface area contributed by atoms with Crippen molar-refractivity contribution in [3.63, 3.8) is 0 Å². The fourth-order valence-corrected chi connectivity index (χ4v) is 4.80. The first-order chi connectivity index (χ1) is 16.0. The van der Waals surface area contributed by atoms with Crippen LogP contribution in [0.5, 0.6) is 0 Å². The Bertz CT molecular complexity index is 1360. The second-order valence-corrected chi connectivity index (χ2v) is 8.34. The van der Waals surface area contributed by atoms with Crippen LogP contribution in [0.1, 0.15) is 42.5 Å². The summed E-state index contributed by atoms with van der Waals surface area (Å²) in [4.78, 5) is 19.3. The van der Waals surface area contributed by atoms with E-state index in [-0.39, 0.29) is 28.8 Å². The lowest BCUT2D eigenvalue weighted by Gasteiger charge is -2.36. The lowest BCUT2D eigenvalue weighted by molar-refractivity contribution is 0.307. The van der Waals surface area contributed by atoms with E-state index >= 15 is 0 Å². The Morgan fingerprint density at radius 3 is 2.42 bits per heavy atom. The minimum absolute atomic E-state index is 0.0270. The maximum Gasteiger partial charge on any atom is 0.270 e. The Morgan fingerprint density at radius 1 is 1.12 bits per heavy atom. The molecule has 1 aromatic carbocycles. The minimum atomic E-state index is -0.383. The standard InChI is InChI=1S/C25H24N6O2/c1-30(19-11-8-17(9-12-19)22(29-33)16-6-4-3-5-7-16)24-20(15-27)25(32)31(2)21-13-10-18(14-26)28-23(21)24/h3-7,10,13,17,19,33H,8-9,11-12H2,1-2H3/b29-22+/t17-,19-. The van der Waals surface area contributed by atoms with Gasteiger partial charge in [0.05, 0.1) is 16.9 Å². The van der Waals surface area contributed by atoms with Gasteiger partial charge in [-0.05, 0) is 43.4 Å². The van der Waals surface area contributed by atoms with E-state index in [4.69, 9.17) is 0 Å². The number of oxime groups is 1. The number of nitrogens with zero attached hydrogens (tertiary/aromatic N) is 6. The number of aryl methyl sites for hydroxylation is 1. The summed E-state index contributed by atoms with van der Waals surface area (Å²) in [7, 11) is 3.48. The predicted molar refractivity (Wildman–Crippen MR) is 125 cm³/mol. The second-order valence-electron chi connectivity index (χ2n) is 8.34. The SMILES string of the molecule is Cn1c(=O)c(C#N)c(N(C)[C@H]2CC[C@H](/C(=N/O)c3ccccc3)CC2)c2nc(C#N)ccc21. The highest BCUT2D eigenvalue weighted by molar-refractivity contribution is 6.02. The van der Waals surface area contributed by atoms with Gasteiger partial charge in [0.15, 0.2) is 0 Å². The quantitative estimate of drug-likeness (QED) is 0.376. The van der Waals surface area contributed by atoms with E-state index in [1.54, 1.807) is 19.2 Å².